The molecule has 1 atom stereocenters. The largest absolute Gasteiger partial charge is 0.865 e. The Morgan fingerprint density at radius 2 is 2.14 bits per heavy atom. The summed E-state index contributed by atoms with van der Waals surface area (Å²) in [5, 5.41) is 22.7. The normalized spacial score (nSPS) is 20.6. The summed E-state index contributed by atoms with van der Waals surface area (Å²) in [7, 11) is 1.28. The number of ether oxygens (including phenoxy) is 1. The molecule has 0 spiro atoms. The lowest BCUT2D eigenvalue weighted by Gasteiger charge is -2.19. The van der Waals surface area contributed by atoms with E-state index in [1.165, 1.54) is 19.2 Å². The number of ketones is 1. The summed E-state index contributed by atoms with van der Waals surface area (Å²) in [4.78, 5) is 22.2. The molecule has 0 aliphatic heterocycles. The van der Waals surface area contributed by atoms with Gasteiger partial charge in [-0.2, -0.15) is 0 Å². The molecular formula is C15H16NO5-. The minimum Gasteiger partial charge on any atom is -0.865 e. The zero-order valence-electron chi connectivity index (χ0n) is 11.9. The van der Waals surface area contributed by atoms with Crippen molar-refractivity contribution >= 4 is 17.5 Å². The van der Waals surface area contributed by atoms with Crippen LogP contribution in [0.4, 0.5) is 5.69 Å². The van der Waals surface area contributed by atoms with E-state index in [0.717, 1.165) is 12.8 Å². The van der Waals surface area contributed by atoms with E-state index in [1.54, 1.807) is 6.08 Å². The van der Waals surface area contributed by atoms with Crippen LogP contribution >= 0.6 is 0 Å². The molecule has 0 heterocycles. The molecule has 112 valence electrons. The fourth-order valence-electron chi connectivity index (χ4n) is 2.49. The first-order valence-corrected chi connectivity index (χ1v) is 6.72. The van der Waals surface area contributed by atoms with E-state index < -0.39 is 16.4 Å². The van der Waals surface area contributed by atoms with E-state index in [9.17, 15) is 20.0 Å². The molecule has 1 aliphatic carbocycles. The second-order valence-electron chi connectivity index (χ2n) is 5.16. The number of carbonyl (C=O) groups is 1. The molecule has 2 rings (SSSR count). The maximum Gasteiger partial charge on any atom is 0.266 e. The van der Waals surface area contributed by atoms with Crippen LogP contribution in [0.25, 0.3) is 6.08 Å². The molecule has 0 unspecified atom stereocenters. The number of carbonyl (C=O) groups excluding carboxylic acids is 1. The molecule has 0 aromatic heterocycles. The van der Waals surface area contributed by atoms with Gasteiger partial charge >= 0.3 is 0 Å². The van der Waals surface area contributed by atoms with Crippen molar-refractivity contribution < 1.29 is 19.6 Å². The number of allylic oxidation sites excluding steroid dienone is 1. The van der Waals surface area contributed by atoms with Crippen molar-refractivity contribution in [2.24, 2.45) is 5.92 Å². The van der Waals surface area contributed by atoms with Crippen LogP contribution in [0.3, 0.4) is 0 Å². The van der Waals surface area contributed by atoms with Crippen LogP contribution in [-0.2, 0) is 4.79 Å². The van der Waals surface area contributed by atoms with Gasteiger partial charge in [0.05, 0.1) is 12.0 Å². The molecule has 1 saturated carbocycles. The highest BCUT2D eigenvalue weighted by Crippen LogP contribution is 2.36. The molecule has 6 heteroatoms. The minimum atomic E-state index is -0.756. The summed E-state index contributed by atoms with van der Waals surface area (Å²) in [6.45, 7) is 1.87. The standard InChI is InChI=1S/C15H17NO5/c1-9-4-3-5-11(14(9)17)6-10-7-12(16(19)20)15(18)13(8-10)21-2/h6-9,18H,3-5H2,1-2H3/p-1/b11-6+/t9-/m1/s1. The van der Waals surface area contributed by atoms with E-state index >= 15 is 0 Å². The fourth-order valence-corrected chi connectivity index (χ4v) is 2.49. The van der Waals surface area contributed by atoms with Gasteiger partial charge in [-0.25, -0.2) is 0 Å². The van der Waals surface area contributed by atoms with Gasteiger partial charge in [0.25, 0.3) is 5.69 Å². The predicted molar refractivity (Wildman–Crippen MR) is 75.1 cm³/mol. The molecule has 1 aromatic carbocycles. The van der Waals surface area contributed by atoms with Crippen molar-refractivity contribution in [1.29, 1.82) is 0 Å². The Morgan fingerprint density at radius 1 is 1.43 bits per heavy atom. The summed E-state index contributed by atoms with van der Waals surface area (Å²) in [6.07, 6.45) is 4.04. The van der Waals surface area contributed by atoms with Crippen LogP contribution in [0.15, 0.2) is 17.7 Å². The Labute approximate surface area is 122 Å². The summed E-state index contributed by atoms with van der Waals surface area (Å²) in [5.74, 6) is -0.810. The Hall–Kier alpha value is -2.37. The highest BCUT2D eigenvalue weighted by atomic mass is 16.6. The minimum absolute atomic E-state index is 0.0272. The molecule has 0 amide bonds. The molecule has 1 fully saturated rings. The smallest absolute Gasteiger partial charge is 0.266 e. The van der Waals surface area contributed by atoms with Gasteiger partial charge in [-0.15, -0.1) is 0 Å². The van der Waals surface area contributed by atoms with Gasteiger partial charge in [0.2, 0.25) is 0 Å². The van der Waals surface area contributed by atoms with Crippen LogP contribution in [0.1, 0.15) is 31.7 Å². The van der Waals surface area contributed by atoms with Gasteiger partial charge in [-0.05, 0) is 42.5 Å². The quantitative estimate of drug-likeness (QED) is 0.484. The number of nitro benzene ring substituents is 1. The number of nitrogens with zero attached hydrogens (tertiary/aromatic N) is 1. The first kappa shape index (κ1) is 15.0. The van der Waals surface area contributed by atoms with E-state index in [0.29, 0.717) is 17.6 Å². The van der Waals surface area contributed by atoms with Gasteiger partial charge in [0.1, 0.15) is 5.75 Å². The molecule has 1 aliphatic rings. The summed E-state index contributed by atoms with van der Waals surface area (Å²) < 4.78 is 4.88. The van der Waals surface area contributed by atoms with Gasteiger partial charge in [0.15, 0.2) is 5.78 Å². The Morgan fingerprint density at radius 3 is 2.76 bits per heavy atom. The molecule has 6 nitrogen and oxygen atoms in total. The zero-order chi connectivity index (χ0) is 15.6. The molecular weight excluding hydrogens is 274 g/mol. The molecule has 0 radical (unpaired) electrons. The van der Waals surface area contributed by atoms with Crippen LogP contribution in [-0.4, -0.2) is 17.8 Å². The van der Waals surface area contributed by atoms with E-state index in [2.05, 4.69) is 0 Å². The number of nitro groups is 1. The number of methoxy groups -OCH3 is 1. The number of hydrogen-bond donors (Lipinski definition) is 0. The fraction of sp³-hybridized carbons (Fsp3) is 0.400. The molecule has 21 heavy (non-hydrogen) atoms. The van der Waals surface area contributed by atoms with Crippen LogP contribution in [0.2, 0.25) is 0 Å². The van der Waals surface area contributed by atoms with E-state index in [-0.39, 0.29) is 17.5 Å². The summed E-state index contributed by atoms with van der Waals surface area (Å²) >= 11 is 0. The first-order chi connectivity index (χ1) is 9.93. The van der Waals surface area contributed by atoms with Gasteiger partial charge in [0, 0.05) is 17.7 Å². The third-order valence-corrected chi connectivity index (χ3v) is 3.66. The van der Waals surface area contributed by atoms with E-state index in [1.807, 2.05) is 6.92 Å². The average Bonchev–Trinajstić information content (AvgIpc) is 2.45. The zero-order valence-corrected chi connectivity index (χ0v) is 11.9. The highest BCUT2D eigenvalue weighted by molar-refractivity contribution is 6.01. The Bertz CT molecular complexity index is 621. The topological polar surface area (TPSA) is 92.5 Å². The van der Waals surface area contributed by atoms with Gasteiger partial charge in [-0.3, -0.25) is 14.9 Å². The van der Waals surface area contributed by atoms with Crippen LogP contribution in [0.5, 0.6) is 11.5 Å². The SMILES string of the molecule is COc1cc(/C=C2\CCC[C@@H](C)C2=O)cc([N+](=O)[O-])c1[O-]. The van der Waals surface area contributed by atoms with E-state index in [4.69, 9.17) is 4.74 Å². The van der Waals surface area contributed by atoms with Crippen molar-refractivity contribution in [3.8, 4) is 11.5 Å². The van der Waals surface area contributed by atoms with Crippen molar-refractivity contribution in [3.63, 3.8) is 0 Å². The van der Waals surface area contributed by atoms with Crippen LogP contribution < -0.4 is 9.84 Å². The van der Waals surface area contributed by atoms with Crippen molar-refractivity contribution in [2.75, 3.05) is 7.11 Å². The second kappa shape index (κ2) is 5.95. The molecule has 0 bridgehead atoms. The lowest BCUT2D eigenvalue weighted by atomic mass is 9.84. The van der Waals surface area contributed by atoms with Crippen molar-refractivity contribution in [2.45, 2.75) is 26.2 Å². The number of rotatable bonds is 3. The van der Waals surface area contributed by atoms with Crippen molar-refractivity contribution in [1.82, 2.24) is 0 Å². The monoisotopic (exact) mass is 290 g/mol. The number of benzene rings is 1. The lowest BCUT2D eigenvalue weighted by Crippen LogP contribution is -2.18. The predicted octanol–water partition coefficient (Wildman–Crippen LogP) is 2.45. The maximum atomic E-state index is 12.1. The number of hydrogen-bond acceptors (Lipinski definition) is 5. The third-order valence-electron chi connectivity index (χ3n) is 3.66. The third kappa shape index (κ3) is 3.04. The summed E-state index contributed by atoms with van der Waals surface area (Å²) in [6, 6.07) is 2.61. The Kier molecular flexibility index (Phi) is 4.26. The maximum absolute atomic E-state index is 12.1. The second-order valence-corrected chi connectivity index (χ2v) is 5.16. The van der Waals surface area contributed by atoms with Crippen LogP contribution in [0, 0.1) is 16.0 Å². The number of Topliss-reactive ketones (excluding diaryl/α,β-unsaturated/α-hetero) is 1. The Balaban J connectivity index is 2.47. The molecule has 0 N–H and O–H groups in total. The lowest BCUT2D eigenvalue weighted by molar-refractivity contribution is -0.398. The van der Waals surface area contributed by atoms with Gasteiger partial charge < -0.3 is 9.84 Å². The molecule has 0 saturated heterocycles. The van der Waals surface area contributed by atoms with Gasteiger partial charge in [-0.1, -0.05) is 6.92 Å². The highest BCUT2D eigenvalue weighted by Gasteiger charge is 2.23. The average molecular weight is 290 g/mol. The molecule has 1 aromatic rings. The summed E-state index contributed by atoms with van der Waals surface area (Å²) in [5.41, 5.74) is 0.539. The van der Waals surface area contributed by atoms with Crippen molar-refractivity contribution in [3.05, 3.63) is 33.4 Å². The first-order valence-electron chi connectivity index (χ1n) is 6.72.